The van der Waals surface area contributed by atoms with Gasteiger partial charge in [0.15, 0.2) is 11.5 Å². The molecule has 0 aliphatic carbocycles. The molecule has 168 valence electrons. The predicted molar refractivity (Wildman–Crippen MR) is 126 cm³/mol. The number of hydrogen-bond acceptors (Lipinski definition) is 4. The molecule has 6 heteroatoms. The normalized spacial score (nSPS) is 13.8. The minimum Gasteiger partial charge on any atom is -0.493 e. The number of benzene rings is 2. The number of anilines is 1. The summed E-state index contributed by atoms with van der Waals surface area (Å²) in [5.74, 6) is 1.02. The van der Waals surface area contributed by atoms with Crippen molar-refractivity contribution in [2.24, 2.45) is 0 Å². The van der Waals surface area contributed by atoms with Crippen LogP contribution in [0.4, 0.5) is 5.69 Å². The molecule has 4 rings (SSSR count). The number of aliphatic hydroxyl groups is 1. The van der Waals surface area contributed by atoms with Crippen molar-refractivity contribution in [3.8, 4) is 22.6 Å². The maximum absolute atomic E-state index is 13.3. The number of methoxy groups -OCH3 is 1. The number of aromatic nitrogens is 1. The average molecular weight is 435 g/mol. The van der Waals surface area contributed by atoms with E-state index in [-0.39, 0.29) is 12.5 Å². The van der Waals surface area contributed by atoms with Crippen molar-refractivity contribution in [1.29, 1.82) is 0 Å². The summed E-state index contributed by atoms with van der Waals surface area (Å²) in [5.41, 5.74) is 3.93. The van der Waals surface area contributed by atoms with Crippen LogP contribution in [0.15, 0.2) is 54.7 Å². The molecular weight excluding hydrogens is 404 g/mol. The number of carbonyl (C=O) groups is 1. The molecule has 0 spiro atoms. The summed E-state index contributed by atoms with van der Waals surface area (Å²) in [6, 6.07) is 15.9. The van der Waals surface area contributed by atoms with Crippen LogP contribution in [-0.4, -0.2) is 41.4 Å². The number of fused-ring (bicyclic) bond motifs is 1. The van der Waals surface area contributed by atoms with E-state index in [0.717, 1.165) is 23.2 Å². The number of ether oxygens (including phenoxy) is 2. The van der Waals surface area contributed by atoms with Crippen molar-refractivity contribution in [2.45, 2.75) is 39.3 Å². The standard InChI is InChI=1S/C26H30N2O4/c1-5-18-7-6-8-19(13-18)20-14-22-25(29)28(12-11-27(22)16-20)21-9-10-23(24(15-21)31-4)32-17-26(2,3)30/h6-10,13-16,30H,5,11-12,17H2,1-4H3. The van der Waals surface area contributed by atoms with Crippen LogP contribution < -0.4 is 14.4 Å². The van der Waals surface area contributed by atoms with E-state index in [1.165, 1.54) is 5.56 Å². The van der Waals surface area contributed by atoms with E-state index >= 15 is 0 Å². The molecule has 3 aromatic rings. The lowest BCUT2D eigenvalue weighted by atomic mass is 10.0. The number of carbonyl (C=O) groups excluding carboxylic acids is 1. The van der Waals surface area contributed by atoms with E-state index in [1.807, 2.05) is 22.8 Å². The van der Waals surface area contributed by atoms with Gasteiger partial charge in [-0.25, -0.2) is 0 Å². The van der Waals surface area contributed by atoms with Gasteiger partial charge in [-0.2, -0.15) is 0 Å². The first-order valence-electron chi connectivity index (χ1n) is 10.9. The fourth-order valence-electron chi connectivity index (χ4n) is 3.89. The minimum atomic E-state index is -0.952. The van der Waals surface area contributed by atoms with Crippen LogP contribution in [0.3, 0.4) is 0 Å². The number of amides is 1. The largest absolute Gasteiger partial charge is 0.493 e. The molecule has 1 amide bonds. The smallest absolute Gasteiger partial charge is 0.274 e. The van der Waals surface area contributed by atoms with Gasteiger partial charge in [0, 0.05) is 36.6 Å². The first-order chi connectivity index (χ1) is 15.3. The Morgan fingerprint density at radius 1 is 1.03 bits per heavy atom. The van der Waals surface area contributed by atoms with Crippen molar-refractivity contribution in [2.75, 3.05) is 25.2 Å². The Balaban J connectivity index is 1.59. The quantitative estimate of drug-likeness (QED) is 0.593. The highest BCUT2D eigenvalue weighted by Gasteiger charge is 2.27. The van der Waals surface area contributed by atoms with Gasteiger partial charge in [0.05, 0.1) is 12.7 Å². The molecule has 0 fully saturated rings. The number of nitrogens with zero attached hydrogens (tertiary/aromatic N) is 2. The van der Waals surface area contributed by atoms with E-state index in [2.05, 4.69) is 37.4 Å². The fourth-order valence-corrected chi connectivity index (χ4v) is 3.89. The molecule has 0 atom stereocenters. The monoisotopic (exact) mass is 434 g/mol. The van der Waals surface area contributed by atoms with Crippen LogP contribution in [-0.2, 0) is 13.0 Å². The zero-order chi connectivity index (χ0) is 22.9. The number of hydrogen-bond donors (Lipinski definition) is 1. The molecule has 0 saturated carbocycles. The van der Waals surface area contributed by atoms with Crippen molar-refractivity contribution in [1.82, 2.24) is 4.57 Å². The van der Waals surface area contributed by atoms with Gasteiger partial charge in [0.2, 0.25) is 0 Å². The summed E-state index contributed by atoms with van der Waals surface area (Å²) >= 11 is 0. The molecule has 1 aliphatic heterocycles. The third-order valence-electron chi connectivity index (χ3n) is 5.63. The number of rotatable bonds is 7. The van der Waals surface area contributed by atoms with E-state index in [1.54, 1.807) is 31.9 Å². The third-order valence-corrected chi connectivity index (χ3v) is 5.63. The number of aryl methyl sites for hydroxylation is 1. The zero-order valence-electron chi connectivity index (χ0n) is 19.1. The van der Waals surface area contributed by atoms with Crippen LogP contribution in [0.25, 0.3) is 11.1 Å². The van der Waals surface area contributed by atoms with Gasteiger partial charge in [-0.15, -0.1) is 0 Å². The summed E-state index contributed by atoms with van der Waals surface area (Å²) in [4.78, 5) is 15.1. The molecule has 0 unspecified atom stereocenters. The molecule has 1 aromatic heterocycles. The fraction of sp³-hybridized carbons (Fsp3) is 0.346. The van der Waals surface area contributed by atoms with Gasteiger partial charge >= 0.3 is 0 Å². The second-order valence-electron chi connectivity index (χ2n) is 8.75. The lowest BCUT2D eigenvalue weighted by molar-refractivity contribution is 0.0276. The van der Waals surface area contributed by atoms with E-state index in [9.17, 15) is 9.90 Å². The molecule has 1 N–H and O–H groups in total. The lowest BCUT2D eigenvalue weighted by Crippen LogP contribution is -2.39. The Labute approximate surface area is 189 Å². The Morgan fingerprint density at radius 3 is 2.56 bits per heavy atom. The summed E-state index contributed by atoms with van der Waals surface area (Å²) < 4.78 is 13.2. The molecule has 2 heterocycles. The molecule has 0 saturated heterocycles. The summed E-state index contributed by atoms with van der Waals surface area (Å²) in [7, 11) is 1.57. The summed E-state index contributed by atoms with van der Waals surface area (Å²) in [5, 5.41) is 9.92. The van der Waals surface area contributed by atoms with Gasteiger partial charge in [-0.1, -0.05) is 31.2 Å². The van der Waals surface area contributed by atoms with Crippen LogP contribution in [0.5, 0.6) is 11.5 Å². The Hall–Kier alpha value is -3.25. The second-order valence-corrected chi connectivity index (χ2v) is 8.75. The molecule has 0 bridgehead atoms. The molecule has 0 radical (unpaired) electrons. The third kappa shape index (κ3) is 4.50. The van der Waals surface area contributed by atoms with E-state index < -0.39 is 5.60 Å². The Bertz CT molecular complexity index is 1130. The minimum absolute atomic E-state index is 0.0404. The van der Waals surface area contributed by atoms with Gasteiger partial charge in [0.1, 0.15) is 12.3 Å². The maximum atomic E-state index is 13.3. The Morgan fingerprint density at radius 2 is 1.84 bits per heavy atom. The van der Waals surface area contributed by atoms with Crippen molar-refractivity contribution < 1.29 is 19.4 Å². The van der Waals surface area contributed by atoms with Gasteiger partial charge in [-0.05, 0) is 49.6 Å². The van der Waals surface area contributed by atoms with Crippen LogP contribution in [0, 0.1) is 0 Å². The van der Waals surface area contributed by atoms with E-state index in [4.69, 9.17) is 9.47 Å². The van der Waals surface area contributed by atoms with Gasteiger partial charge < -0.3 is 24.0 Å². The van der Waals surface area contributed by atoms with Crippen molar-refractivity contribution in [3.63, 3.8) is 0 Å². The maximum Gasteiger partial charge on any atom is 0.274 e. The Kier molecular flexibility index (Phi) is 5.98. The van der Waals surface area contributed by atoms with Gasteiger partial charge in [-0.3, -0.25) is 4.79 Å². The predicted octanol–water partition coefficient (Wildman–Crippen LogP) is 4.54. The van der Waals surface area contributed by atoms with Crippen molar-refractivity contribution >= 4 is 11.6 Å². The molecule has 2 aromatic carbocycles. The van der Waals surface area contributed by atoms with Crippen LogP contribution >= 0.6 is 0 Å². The summed E-state index contributed by atoms with van der Waals surface area (Å²) in [6.07, 6.45) is 3.04. The molecular formula is C26H30N2O4. The average Bonchev–Trinajstić information content (AvgIpc) is 3.23. The molecule has 6 nitrogen and oxygen atoms in total. The highest BCUT2D eigenvalue weighted by molar-refractivity contribution is 6.06. The molecule has 1 aliphatic rings. The first-order valence-corrected chi connectivity index (χ1v) is 10.9. The first kappa shape index (κ1) is 22.0. The van der Waals surface area contributed by atoms with Crippen LogP contribution in [0.2, 0.25) is 0 Å². The topological polar surface area (TPSA) is 63.9 Å². The summed E-state index contributed by atoms with van der Waals surface area (Å²) in [6.45, 7) is 6.93. The highest BCUT2D eigenvalue weighted by Crippen LogP contribution is 2.34. The zero-order valence-corrected chi connectivity index (χ0v) is 19.1. The van der Waals surface area contributed by atoms with Crippen molar-refractivity contribution in [3.05, 3.63) is 66.0 Å². The van der Waals surface area contributed by atoms with Gasteiger partial charge in [0.25, 0.3) is 5.91 Å². The SMILES string of the molecule is CCc1cccc(-c2cc3n(c2)CCN(c2ccc(OCC(C)(C)O)c(OC)c2)C3=O)c1. The lowest BCUT2D eigenvalue weighted by Gasteiger charge is -2.29. The second kappa shape index (κ2) is 8.71. The highest BCUT2D eigenvalue weighted by atomic mass is 16.5. The van der Waals surface area contributed by atoms with E-state index in [0.29, 0.717) is 30.3 Å². The molecule has 32 heavy (non-hydrogen) atoms. The van der Waals surface area contributed by atoms with Crippen LogP contribution in [0.1, 0.15) is 36.8 Å².